The van der Waals surface area contributed by atoms with Crippen LogP contribution in [0.4, 0.5) is 17.6 Å². The highest BCUT2D eigenvalue weighted by Gasteiger charge is 2.13. The summed E-state index contributed by atoms with van der Waals surface area (Å²) in [6, 6.07) is 9.05. The summed E-state index contributed by atoms with van der Waals surface area (Å²) in [5, 5.41) is 26.9. The van der Waals surface area contributed by atoms with E-state index >= 15 is 0 Å². The van der Waals surface area contributed by atoms with Crippen LogP contribution in [0.3, 0.4) is 0 Å². The fraction of sp³-hybridized carbons (Fsp3) is 0.0909. The molecule has 9 heteroatoms. The van der Waals surface area contributed by atoms with Crippen LogP contribution >= 0.6 is 0 Å². The molecule has 0 saturated carbocycles. The second kappa shape index (κ2) is 10.2. The van der Waals surface area contributed by atoms with Crippen molar-refractivity contribution in [2.45, 2.75) is 12.8 Å². The zero-order valence-corrected chi connectivity index (χ0v) is 15.8. The van der Waals surface area contributed by atoms with E-state index < -0.39 is 35.0 Å². The van der Waals surface area contributed by atoms with Crippen molar-refractivity contribution in [2.75, 3.05) is 0 Å². The van der Waals surface area contributed by atoms with Crippen molar-refractivity contribution in [1.29, 1.82) is 0 Å². The van der Waals surface area contributed by atoms with Crippen molar-refractivity contribution in [2.24, 2.45) is 0 Å². The highest BCUT2D eigenvalue weighted by molar-refractivity contribution is 6.00. The number of aromatic hydroxyl groups is 2. The van der Waals surface area contributed by atoms with Crippen LogP contribution in [0.1, 0.15) is 21.5 Å². The maximum Gasteiger partial charge on any atom is 0.307 e. The molecule has 0 saturated heterocycles. The van der Waals surface area contributed by atoms with Crippen LogP contribution in [-0.2, 0) is 17.6 Å². The summed E-state index contributed by atoms with van der Waals surface area (Å²) in [6.45, 7) is 0. The summed E-state index contributed by atoms with van der Waals surface area (Å²) in [7, 11) is 0. The topological polar surface area (TPSA) is 94.8 Å². The molecule has 0 radical (unpaired) electrons. The van der Waals surface area contributed by atoms with E-state index in [1.54, 1.807) is 0 Å². The summed E-state index contributed by atoms with van der Waals surface area (Å²) in [5.41, 5.74) is 0.289. The van der Waals surface area contributed by atoms with Crippen LogP contribution in [0.25, 0.3) is 0 Å². The van der Waals surface area contributed by atoms with Gasteiger partial charge in [-0.25, -0.2) is 17.6 Å². The Kier molecular flexibility index (Phi) is 7.73. The summed E-state index contributed by atoms with van der Waals surface area (Å²) >= 11 is 0. The largest absolute Gasteiger partial charge is 0.508 e. The number of benzene rings is 3. The Morgan fingerprint density at radius 1 is 0.677 bits per heavy atom. The van der Waals surface area contributed by atoms with Gasteiger partial charge in [-0.05, 0) is 47.5 Å². The van der Waals surface area contributed by atoms with Crippen LogP contribution in [0.2, 0.25) is 0 Å². The van der Waals surface area contributed by atoms with E-state index in [4.69, 9.17) is 10.2 Å². The maximum atomic E-state index is 13.0. The molecule has 0 aromatic heterocycles. The van der Waals surface area contributed by atoms with E-state index in [2.05, 4.69) is 0 Å². The van der Waals surface area contributed by atoms with Gasteiger partial charge in [-0.15, -0.1) is 0 Å². The number of hydrogen-bond donors (Lipinski definition) is 3. The number of ketones is 1. The molecule has 0 amide bonds. The fourth-order valence-electron chi connectivity index (χ4n) is 2.64. The molecule has 0 heterocycles. The predicted octanol–water partition coefficient (Wildman–Crippen LogP) is 4.39. The van der Waals surface area contributed by atoms with Crippen molar-refractivity contribution in [3.05, 3.63) is 94.6 Å². The van der Waals surface area contributed by atoms with E-state index in [1.807, 2.05) is 0 Å². The number of carboxylic acids is 1. The fourth-order valence-corrected chi connectivity index (χ4v) is 2.64. The second-order valence-corrected chi connectivity index (χ2v) is 6.43. The lowest BCUT2D eigenvalue weighted by molar-refractivity contribution is -0.136. The SMILES string of the molecule is O=C(Cc1cc(F)cc(F)c1)c1ccc(O)cc1O.O=C(O)Cc1cc(F)cc(F)c1. The molecule has 3 aromatic carbocycles. The van der Waals surface area contributed by atoms with E-state index in [0.717, 1.165) is 30.3 Å². The molecule has 162 valence electrons. The first-order valence-corrected chi connectivity index (χ1v) is 8.70. The summed E-state index contributed by atoms with van der Waals surface area (Å²) in [6.07, 6.45) is -0.609. The third kappa shape index (κ3) is 7.46. The Hall–Kier alpha value is -3.88. The zero-order valence-electron chi connectivity index (χ0n) is 15.8. The normalized spacial score (nSPS) is 10.2. The van der Waals surface area contributed by atoms with Crippen molar-refractivity contribution in [3.63, 3.8) is 0 Å². The smallest absolute Gasteiger partial charge is 0.307 e. The standard InChI is InChI=1S/C14H10F2O3.C8H6F2O2/c15-9-3-8(4-10(16)6-9)5-13(18)12-2-1-11(17)7-14(12)19;9-6-1-5(3-8(11)12)2-7(10)4-6/h1-4,6-7,17,19H,5H2;1-2,4H,3H2,(H,11,12). The molecule has 5 nitrogen and oxygen atoms in total. The number of halogens is 4. The lowest BCUT2D eigenvalue weighted by Crippen LogP contribution is -2.04. The first-order valence-electron chi connectivity index (χ1n) is 8.70. The van der Waals surface area contributed by atoms with Gasteiger partial charge in [0.25, 0.3) is 0 Å². The van der Waals surface area contributed by atoms with Gasteiger partial charge < -0.3 is 15.3 Å². The van der Waals surface area contributed by atoms with Gasteiger partial charge in [0.15, 0.2) is 5.78 Å². The molecule has 0 aliphatic heterocycles. The predicted molar refractivity (Wildman–Crippen MR) is 102 cm³/mol. The highest BCUT2D eigenvalue weighted by atomic mass is 19.1. The van der Waals surface area contributed by atoms with E-state index in [-0.39, 0.29) is 41.0 Å². The highest BCUT2D eigenvalue weighted by Crippen LogP contribution is 2.24. The Bertz CT molecular complexity index is 1070. The number of Topliss-reactive ketones (excluding diaryl/α,β-unsaturated/α-hetero) is 1. The minimum Gasteiger partial charge on any atom is -0.508 e. The Morgan fingerprint density at radius 2 is 1.13 bits per heavy atom. The van der Waals surface area contributed by atoms with Crippen LogP contribution in [0, 0.1) is 23.3 Å². The average molecular weight is 436 g/mol. The van der Waals surface area contributed by atoms with Gasteiger partial charge in [-0.1, -0.05) is 0 Å². The average Bonchev–Trinajstić information content (AvgIpc) is 2.59. The van der Waals surface area contributed by atoms with Crippen molar-refractivity contribution in [3.8, 4) is 11.5 Å². The third-order valence-electron chi connectivity index (χ3n) is 3.85. The van der Waals surface area contributed by atoms with Crippen LogP contribution in [-0.4, -0.2) is 27.1 Å². The molecule has 0 spiro atoms. The third-order valence-corrected chi connectivity index (χ3v) is 3.85. The number of phenolic OH excluding ortho intramolecular Hbond substituents is 2. The minimum absolute atomic E-state index is 0.0116. The number of carboxylic acid groups (broad SMARTS) is 1. The van der Waals surface area contributed by atoms with Crippen molar-refractivity contribution >= 4 is 11.8 Å². The zero-order chi connectivity index (χ0) is 23.1. The summed E-state index contributed by atoms with van der Waals surface area (Å²) in [4.78, 5) is 22.0. The molecular weight excluding hydrogens is 420 g/mol. The van der Waals surface area contributed by atoms with Crippen molar-refractivity contribution in [1.82, 2.24) is 0 Å². The number of rotatable bonds is 5. The molecule has 0 atom stereocenters. The van der Waals surface area contributed by atoms with Gasteiger partial charge in [0, 0.05) is 24.6 Å². The molecular formula is C22H16F4O5. The molecule has 0 unspecified atom stereocenters. The molecule has 3 rings (SSSR count). The Balaban J connectivity index is 0.000000245. The van der Waals surface area contributed by atoms with E-state index in [0.29, 0.717) is 12.1 Å². The van der Waals surface area contributed by atoms with Crippen molar-refractivity contribution < 1.29 is 42.5 Å². The first-order chi connectivity index (χ1) is 14.5. The van der Waals surface area contributed by atoms with Gasteiger partial charge in [-0.3, -0.25) is 9.59 Å². The van der Waals surface area contributed by atoms with E-state index in [1.165, 1.54) is 12.1 Å². The van der Waals surface area contributed by atoms with Crippen LogP contribution in [0.15, 0.2) is 54.6 Å². The van der Waals surface area contributed by atoms with Gasteiger partial charge in [0.1, 0.15) is 34.8 Å². The number of hydrogen-bond acceptors (Lipinski definition) is 4. The number of aliphatic carboxylic acids is 1. The van der Waals surface area contributed by atoms with Crippen LogP contribution < -0.4 is 0 Å². The quantitative estimate of drug-likeness (QED) is 0.407. The van der Waals surface area contributed by atoms with E-state index in [9.17, 15) is 32.3 Å². The maximum absolute atomic E-state index is 13.0. The monoisotopic (exact) mass is 436 g/mol. The second-order valence-electron chi connectivity index (χ2n) is 6.43. The summed E-state index contributed by atoms with van der Waals surface area (Å²) < 4.78 is 50.8. The van der Waals surface area contributed by atoms with Gasteiger partial charge in [0.2, 0.25) is 0 Å². The Morgan fingerprint density at radius 3 is 1.55 bits per heavy atom. The number of carbonyl (C=O) groups is 2. The number of carbonyl (C=O) groups excluding carboxylic acids is 1. The lowest BCUT2D eigenvalue weighted by Gasteiger charge is -2.05. The van der Waals surface area contributed by atoms with Gasteiger partial charge in [0.05, 0.1) is 12.0 Å². The molecule has 0 fully saturated rings. The molecule has 0 bridgehead atoms. The minimum atomic E-state index is -1.11. The first kappa shape index (κ1) is 23.4. The molecule has 0 aliphatic carbocycles. The van der Waals surface area contributed by atoms with Crippen LogP contribution in [0.5, 0.6) is 11.5 Å². The number of phenols is 2. The molecule has 31 heavy (non-hydrogen) atoms. The molecule has 3 N–H and O–H groups in total. The Labute approximate surface area is 173 Å². The molecule has 0 aliphatic rings. The lowest BCUT2D eigenvalue weighted by atomic mass is 10.0. The van der Waals surface area contributed by atoms with Gasteiger partial charge in [-0.2, -0.15) is 0 Å². The summed E-state index contributed by atoms with van der Waals surface area (Å²) in [5.74, 6) is -5.21. The van der Waals surface area contributed by atoms with Gasteiger partial charge >= 0.3 is 5.97 Å². The molecule has 3 aromatic rings.